The van der Waals surface area contributed by atoms with Crippen molar-refractivity contribution in [2.45, 2.75) is 12.8 Å². The lowest BCUT2D eigenvalue weighted by molar-refractivity contribution is -0.385. The highest BCUT2D eigenvalue weighted by Crippen LogP contribution is 2.34. The number of hydrogen-bond donors (Lipinski definition) is 1. The topological polar surface area (TPSA) is 101 Å². The van der Waals surface area contributed by atoms with Crippen LogP contribution in [-0.2, 0) is 4.79 Å². The van der Waals surface area contributed by atoms with Crippen molar-refractivity contribution in [3.8, 4) is 0 Å². The Balaban J connectivity index is 1.91. The molecule has 1 N–H and O–H groups in total. The fourth-order valence-electron chi connectivity index (χ4n) is 3.48. The van der Waals surface area contributed by atoms with Crippen LogP contribution in [0.1, 0.15) is 27.4 Å². The van der Waals surface area contributed by atoms with Gasteiger partial charge in [-0.1, -0.05) is 36.4 Å². The van der Waals surface area contributed by atoms with Crippen LogP contribution in [0, 0.1) is 23.0 Å². The van der Waals surface area contributed by atoms with E-state index < -0.39 is 16.8 Å². The molecule has 1 aliphatic rings. The summed E-state index contributed by atoms with van der Waals surface area (Å²) in [5, 5.41) is 20.7. The number of nitro groups is 1. The highest BCUT2D eigenvalue weighted by atomic mass is 16.6. The number of carbonyl (C=O) groups excluding carboxylic acids is 1. The van der Waals surface area contributed by atoms with Crippen molar-refractivity contribution in [3.63, 3.8) is 0 Å². The van der Waals surface area contributed by atoms with E-state index in [-0.39, 0.29) is 41.7 Å². The third-order valence-corrected chi connectivity index (χ3v) is 4.88. The average Bonchev–Trinajstić information content (AvgIpc) is 3.07. The van der Waals surface area contributed by atoms with Gasteiger partial charge in [0, 0.05) is 36.2 Å². The first-order chi connectivity index (χ1) is 12.4. The molecule has 2 aromatic carbocycles. The second-order valence-corrected chi connectivity index (χ2v) is 6.38. The van der Waals surface area contributed by atoms with E-state index in [9.17, 15) is 24.8 Å². The van der Waals surface area contributed by atoms with Crippen LogP contribution in [0.2, 0.25) is 0 Å². The fourth-order valence-corrected chi connectivity index (χ4v) is 3.48. The minimum atomic E-state index is -0.954. The largest absolute Gasteiger partial charge is 0.481 e. The molecule has 1 aliphatic heterocycles. The van der Waals surface area contributed by atoms with Crippen LogP contribution in [0.5, 0.6) is 0 Å². The van der Waals surface area contributed by atoms with E-state index in [1.165, 1.54) is 30.0 Å². The summed E-state index contributed by atoms with van der Waals surface area (Å²) < 4.78 is 0. The number of aliphatic carboxylic acids is 1. The summed E-state index contributed by atoms with van der Waals surface area (Å²) >= 11 is 0. The Kier molecular flexibility index (Phi) is 4.71. The van der Waals surface area contributed by atoms with Crippen LogP contribution in [0.25, 0.3) is 0 Å². The van der Waals surface area contributed by atoms with E-state index in [0.29, 0.717) is 0 Å². The van der Waals surface area contributed by atoms with E-state index in [0.717, 1.165) is 5.56 Å². The number of nitro benzene ring substituents is 1. The maximum Gasteiger partial charge on any atom is 0.308 e. The van der Waals surface area contributed by atoms with Crippen LogP contribution >= 0.6 is 0 Å². The Bertz CT molecular complexity index is 865. The number of carboxylic acid groups (broad SMARTS) is 1. The van der Waals surface area contributed by atoms with E-state index >= 15 is 0 Å². The minimum absolute atomic E-state index is 0.0792. The fraction of sp³-hybridized carbons (Fsp3) is 0.263. The number of likely N-dealkylation sites (tertiary alicyclic amines) is 1. The number of carboxylic acids is 1. The molecule has 0 spiro atoms. The van der Waals surface area contributed by atoms with Gasteiger partial charge in [0.15, 0.2) is 0 Å². The molecule has 0 aliphatic carbocycles. The number of amides is 1. The lowest BCUT2D eigenvalue weighted by atomic mass is 9.89. The number of benzene rings is 2. The Morgan fingerprint density at radius 2 is 1.81 bits per heavy atom. The van der Waals surface area contributed by atoms with E-state index in [1.54, 1.807) is 0 Å². The molecule has 134 valence electrons. The zero-order valence-corrected chi connectivity index (χ0v) is 14.2. The van der Waals surface area contributed by atoms with Crippen molar-refractivity contribution >= 4 is 17.6 Å². The first-order valence-corrected chi connectivity index (χ1v) is 8.21. The summed E-state index contributed by atoms with van der Waals surface area (Å²) in [5.41, 5.74) is 1.27. The lowest BCUT2D eigenvalue weighted by Gasteiger charge is -2.17. The Hall–Kier alpha value is -3.22. The van der Waals surface area contributed by atoms with Crippen LogP contribution in [0.15, 0.2) is 48.5 Å². The predicted molar refractivity (Wildman–Crippen MR) is 94.0 cm³/mol. The molecule has 1 heterocycles. The van der Waals surface area contributed by atoms with Gasteiger partial charge in [-0.05, 0) is 18.6 Å². The first-order valence-electron chi connectivity index (χ1n) is 8.21. The van der Waals surface area contributed by atoms with Gasteiger partial charge in [0.2, 0.25) is 0 Å². The zero-order valence-electron chi connectivity index (χ0n) is 14.2. The summed E-state index contributed by atoms with van der Waals surface area (Å²) in [5.74, 6) is -2.35. The molecule has 1 fully saturated rings. The van der Waals surface area contributed by atoms with Gasteiger partial charge >= 0.3 is 5.97 Å². The molecule has 0 unspecified atom stereocenters. The Morgan fingerprint density at radius 3 is 2.42 bits per heavy atom. The van der Waals surface area contributed by atoms with Crippen molar-refractivity contribution in [3.05, 3.63) is 75.3 Å². The van der Waals surface area contributed by atoms with Crippen LogP contribution < -0.4 is 0 Å². The lowest BCUT2D eigenvalue weighted by Crippen LogP contribution is -2.30. The van der Waals surface area contributed by atoms with E-state index in [2.05, 4.69) is 0 Å². The number of carbonyl (C=O) groups is 2. The number of hydrogen-bond acceptors (Lipinski definition) is 4. The van der Waals surface area contributed by atoms with Gasteiger partial charge in [-0.15, -0.1) is 0 Å². The molecule has 0 aromatic heterocycles. The summed E-state index contributed by atoms with van der Waals surface area (Å²) in [6, 6.07) is 13.6. The van der Waals surface area contributed by atoms with Crippen molar-refractivity contribution in [1.29, 1.82) is 0 Å². The highest BCUT2D eigenvalue weighted by Gasteiger charge is 2.41. The molecule has 0 bridgehead atoms. The molecule has 3 rings (SSSR count). The van der Waals surface area contributed by atoms with Gasteiger partial charge in [0.1, 0.15) is 0 Å². The van der Waals surface area contributed by atoms with Gasteiger partial charge in [0.05, 0.1) is 10.8 Å². The normalized spacial score (nSPS) is 19.3. The van der Waals surface area contributed by atoms with Gasteiger partial charge in [-0.25, -0.2) is 0 Å². The van der Waals surface area contributed by atoms with Crippen LogP contribution in [-0.4, -0.2) is 39.9 Å². The van der Waals surface area contributed by atoms with Crippen molar-refractivity contribution in [1.82, 2.24) is 4.90 Å². The quantitative estimate of drug-likeness (QED) is 0.672. The highest BCUT2D eigenvalue weighted by molar-refractivity contribution is 5.97. The third-order valence-electron chi connectivity index (χ3n) is 4.88. The monoisotopic (exact) mass is 354 g/mol. The molecular formula is C19H18N2O5. The molecule has 7 heteroatoms. The van der Waals surface area contributed by atoms with E-state index in [1.807, 2.05) is 30.3 Å². The Labute approximate surface area is 150 Å². The maximum atomic E-state index is 12.9. The van der Waals surface area contributed by atoms with Crippen LogP contribution in [0.3, 0.4) is 0 Å². The van der Waals surface area contributed by atoms with Crippen molar-refractivity contribution in [2.24, 2.45) is 5.92 Å². The molecule has 1 amide bonds. The Morgan fingerprint density at radius 1 is 1.12 bits per heavy atom. The molecule has 7 nitrogen and oxygen atoms in total. The minimum Gasteiger partial charge on any atom is -0.481 e. The summed E-state index contributed by atoms with van der Waals surface area (Å²) in [6.45, 7) is 1.88. The number of rotatable bonds is 4. The zero-order chi connectivity index (χ0) is 18.8. The summed E-state index contributed by atoms with van der Waals surface area (Å²) in [6.07, 6.45) is 0. The van der Waals surface area contributed by atoms with Crippen molar-refractivity contribution < 1.29 is 19.6 Å². The molecule has 0 radical (unpaired) electrons. The van der Waals surface area contributed by atoms with Gasteiger partial charge < -0.3 is 10.0 Å². The maximum absolute atomic E-state index is 12.9. The molecule has 2 aromatic rings. The SMILES string of the molecule is Cc1c(C(=O)N2C[C@H](C(=O)O)[C@H](c3ccccc3)C2)cccc1[N+](=O)[O-]. The number of nitrogens with zero attached hydrogens (tertiary/aromatic N) is 2. The summed E-state index contributed by atoms with van der Waals surface area (Å²) in [4.78, 5) is 36.6. The smallest absolute Gasteiger partial charge is 0.308 e. The molecule has 0 saturated carbocycles. The second kappa shape index (κ2) is 6.95. The second-order valence-electron chi connectivity index (χ2n) is 6.38. The molecule has 2 atom stereocenters. The van der Waals surface area contributed by atoms with Gasteiger partial charge in [-0.2, -0.15) is 0 Å². The average molecular weight is 354 g/mol. The van der Waals surface area contributed by atoms with E-state index in [4.69, 9.17) is 0 Å². The third kappa shape index (κ3) is 3.15. The van der Waals surface area contributed by atoms with Crippen LogP contribution in [0.4, 0.5) is 5.69 Å². The molecule has 1 saturated heterocycles. The summed E-state index contributed by atoms with van der Waals surface area (Å²) in [7, 11) is 0. The standard InChI is InChI=1S/C19H18N2O5/c1-12-14(8-5-9-17(12)21(25)26)18(22)20-10-15(16(11-20)19(23)24)13-6-3-2-4-7-13/h2-9,15-16H,10-11H2,1H3,(H,23,24)/t15-,16-/m0/s1. The van der Waals surface area contributed by atoms with Crippen molar-refractivity contribution in [2.75, 3.05) is 13.1 Å². The first kappa shape index (κ1) is 17.6. The van der Waals surface area contributed by atoms with Gasteiger partial charge in [-0.3, -0.25) is 19.7 Å². The molecular weight excluding hydrogens is 336 g/mol. The molecule has 26 heavy (non-hydrogen) atoms. The van der Waals surface area contributed by atoms with Gasteiger partial charge in [0.25, 0.3) is 11.6 Å². The predicted octanol–water partition coefficient (Wildman–Crippen LogP) is 2.84.